The first-order valence-electron chi connectivity index (χ1n) is 4.47. The first-order chi connectivity index (χ1) is 6.56. The molecule has 0 radical (unpaired) electrons. The van der Waals surface area contributed by atoms with Crippen LogP contribution in [0.5, 0.6) is 0 Å². The Morgan fingerprint density at radius 2 is 1.86 bits per heavy atom. The minimum atomic E-state index is -4.07. The van der Waals surface area contributed by atoms with E-state index in [4.69, 9.17) is 16.3 Å². The lowest BCUT2D eigenvalue weighted by atomic mass is 10.4. The van der Waals surface area contributed by atoms with E-state index >= 15 is 0 Å². The molecule has 0 saturated heterocycles. The van der Waals surface area contributed by atoms with Crippen LogP contribution in [0, 0.1) is 0 Å². The van der Waals surface area contributed by atoms with Gasteiger partial charge in [0.2, 0.25) is 0 Å². The largest absolute Gasteiger partial charge is 0.390 e. The molecule has 0 spiro atoms. The zero-order valence-electron chi connectivity index (χ0n) is 7.87. The van der Waals surface area contributed by atoms with Gasteiger partial charge in [-0.05, 0) is 13.0 Å². The Morgan fingerprint density at radius 3 is 2.43 bits per heavy atom. The molecule has 2 nitrogen and oxygen atoms in total. The maximum atomic E-state index is 11.7. The Bertz CT molecular complexity index is 132. The summed E-state index contributed by atoms with van der Waals surface area (Å²) >= 11 is 5.35. The summed E-state index contributed by atoms with van der Waals surface area (Å²) in [6.07, 6.45) is -4.15. The summed E-state index contributed by atoms with van der Waals surface area (Å²) in [5.41, 5.74) is 0. The van der Waals surface area contributed by atoms with E-state index in [1.165, 1.54) is 0 Å². The Kier molecular flexibility index (Phi) is 8.32. The number of ether oxygens (including phenoxy) is 1. The number of rotatable bonds is 8. The second-order valence-corrected chi connectivity index (χ2v) is 3.15. The Labute approximate surface area is 86.8 Å². The monoisotopic (exact) mass is 233 g/mol. The summed E-state index contributed by atoms with van der Waals surface area (Å²) in [7, 11) is 0. The summed E-state index contributed by atoms with van der Waals surface area (Å²) in [4.78, 5) is 0. The molecule has 86 valence electrons. The minimum absolute atomic E-state index is 0.0288. The molecule has 0 heterocycles. The van der Waals surface area contributed by atoms with Crippen molar-refractivity contribution in [2.24, 2.45) is 0 Å². The van der Waals surface area contributed by atoms with Gasteiger partial charge in [-0.2, -0.15) is 13.2 Å². The molecule has 0 unspecified atom stereocenters. The molecule has 0 rings (SSSR count). The summed E-state index contributed by atoms with van der Waals surface area (Å²) in [5, 5.41) is 2.69. The topological polar surface area (TPSA) is 21.3 Å². The van der Waals surface area contributed by atoms with E-state index in [-0.39, 0.29) is 6.54 Å². The molecule has 0 aliphatic heterocycles. The third kappa shape index (κ3) is 12.0. The zero-order chi connectivity index (χ0) is 10.9. The van der Waals surface area contributed by atoms with Crippen LogP contribution in [-0.4, -0.2) is 38.4 Å². The highest BCUT2D eigenvalue weighted by Gasteiger charge is 2.25. The number of hydrogen-bond donors (Lipinski definition) is 1. The number of halogens is 4. The average Bonchev–Trinajstić information content (AvgIpc) is 2.08. The Hall–Kier alpha value is 0. The summed E-state index contributed by atoms with van der Waals surface area (Å²) in [5.74, 6) is 0.446. The van der Waals surface area contributed by atoms with Gasteiger partial charge in [0.15, 0.2) is 0 Å². The van der Waals surface area contributed by atoms with Crippen molar-refractivity contribution >= 4 is 11.6 Å². The molecule has 14 heavy (non-hydrogen) atoms. The van der Waals surface area contributed by atoms with Crippen molar-refractivity contribution in [3.05, 3.63) is 0 Å². The van der Waals surface area contributed by atoms with Gasteiger partial charge in [-0.15, -0.1) is 11.6 Å². The van der Waals surface area contributed by atoms with Gasteiger partial charge in [-0.1, -0.05) is 0 Å². The maximum absolute atomic E-state index is 11.7. The Morgan fingerprint density at radius 1 is 1.14 bits per heavy atom. The highest BCUT2D eigenvalue weighted by molar-refractivity contribution is 6.17. The van der Waals surface area contributed by atoms with Crippen molar-refractivity contribution in [1.29, 1.82) is 0 Å². The normalized spacial score (nSPS) is 12.0. The van der Waals surface area contributed by atoms with Gasteiger partial charge in [0, 0.05) is 19.0 Å². The fourth-order valence-corrected chi connectivity index (χ4v) is 0.920. The molecule has 1 N–H and O–H groups in total. The first-order valence-corrected chi connectivity index (χ1v) is 5.01. The third-order valence-electron chi connectivity index (χ3n) is 1.45. The molecule has 0 amide bonds. The number of nitrogens with one attached hydrogen (secondary N) is 1. The van der Waals surface area contributed by atoms with Crippen LogP contribution in [0.25, 0.3) is 0 Å². The predicted molar refractivity (Wildman–Crippen MR) is 49.7 cm³/mol. The van der Waals surface area contributed by atoms with Crippen LogP contribution >= 0.6 is 11.6 Å². The highest BCUT2D eigenvalue weighted by atomic mass is 35.5. The van der Waals surface area contributed by atoms with E-state index < -0.39 is 12.6 Å². The van der Waals surface area contributed by atoms with Gasteiger partial charge < -0.3 is 10.1 Å². The summed E-state index contributed by atoms with van der Waals surface area (Å²) < 4.78 is 40.0. The molecule has 0 atom stereocenters. The smallest absolute Gasteiger partial charge is 0.380 e. The van der Waals surface area contributed by atoms with E-state index in [1.54, 1.807) is 0 Å². The van der Waals surface area contributed by atoms with Crippen LogP contribution in [0.15, 0.2) is 0 Å². The van der Waals surface area contributed by atoms with Crippen molar-refractivity contribution in [3.63, 3.8) is 0 Å². The van der Waals surface area contributed by atoms with E-state index in [0.717, 1.165) is 0 Å². The van der Waals surface area contributed by atoms with Gasteiger partial charge in [0.05, 0.1) is 13.0 Å². The maximum Gasteiger partial charge on any atom is 0.390 e. The molecular weight excluding hydrogens is 219 g/mol. The standard InChI is InChI=1S/C8H15ClF3NO/c9-3-7-14-6-1-4-13-5-2-8(10,11)12/h13H,1-7H2. The zero-order valence-corrected chi connectivity index (χ0v) is 8.63. The fraction of sp³-hybridized carbons (Fsp3) is 1.00. The Balaban J connectivity index is 2.99. The molecule has 6 heteroatoms. The van der Waals surface area contributed by atoms with Crippen LogP contribution in [0.3, 0.4) is 0 Å². The van der Waals surface area contributed by atoms with E-state index in [0.29, 0.717) is 32.1 Å². The van der Waals surface area contributed by atoms with Crippen LogP contribution in [-0.2, 0) is 4.74 Å². The van der Waals surface area contributed by atoms with Gasteiger partial charge in [0.25, 0.3) is 0 Å². The van der Waals surface area contributed by atoms with Gasteiger partial charge in [-0.25, -0.2) is 0 Å². The molecule has 0 saturated carbocycles. The number of hydrogen-bond acceptors (Lipinski definition) is 2. The second kappa shape index (κ2) is 8.32. The molecule has 0 aliphatic carbocycles. The van der Waals surface area contributed by atoms with Gasteiger partial charge in [-0.3, -0.25) is 0 Å². The van der Waals surface area contributed by atoms with Crippen LogP contribution < -0.4 is 5.32 Å². The quantitative estimate of drug-likeness (QED) is 0.513. The first kappa shape index (κ1) is 14.0. The molecule has 0 aliphatic rings. The molecule has 0 fully saturated rings. The van der Waals surface area contributed by atoms with E-state index in [2.05, 4.69) is 5.32 Å². The third-order valence-corrected chi connectivity index (χ3v) is 1.60. The highest BCUT2D eigenvalue weighted by Crippen LogP contribution is 2.17. The predicted octanol–water partition coefficient (Wildman–Crippen LogP) is 2.17. The summed E-state index contributed by atoms with van der Waals surface area (Å²) in [6, 6.07) is 0. The molecule has 0 aromatic heterocycles. The lowest BCUT2D eigenvalue weighted by molar-refractivity contribution is -0.133. The second-order valence-electron chi connectivity index (χ2n) is 2.77. The van der Waals surface area contributed by atoms with Crippen LogP contribution in [0.4, 0.5) is 13.2 Å². The minimum Gasteiger partial charge on any atom is -0.380 e. The fourth-order valence-electron chi connectivity index (χ4n) is 0.811. The van der Waals surface area contributed by atoms with Crippen LogP contribution in [0.2, 0.25) is 0 Å². The van der Waals surface area contributed by atoms with E-state index in [1.807, 2.05) is 0 Å². The van der Waals surface area contributed by atoms with Crippen molar-refractivity contribution in [1.82, 2.24) is 5.32 Å². The van der Waals surface area contributed by atoms with Gasteiger partial charge >= 0.3 is 6.18 Å². The molecular formula is C8H15ClF3NO. The average molecular weight is 234 g/mol. The van der Waals surface area contributed by atoms with Crippen molar-refractivity contribution < 1.29 is 17.9 Å². The van der Waals surface area contributed by atoms with Crippen LogP contribution in [0.1, 0.15) is 12.8 Å². The molecule has 0 aromatic rings. The lowest BCUT2D eigenvalue weighted by Crippen LogP contribution is -2.23. The molecule has 0 bridgehead atoms. The van der Waals surface area contributed by atoms with Crippen molar-refractivity contribution in [2.45, 2.75) is 19.0 Å². The van der Waals surface area contributed by atoms with Crippen molar-refractivity contribution in [3.8, 4) is 0 Å². The van der Waals surface area contributed by atoms with E-state index in [9.17, 15) is 13.2 Å². The van der Waals surface area contributed by atoms with Crippen molar-refractivity contribution in [2.75, 3.05) is 32.2 Å². The van der Waals surface area contributed by atoms with Gasteiger partial charge in [0.1, 0.15) is 0 Å². The molecule has 0 aromatic carbocycles. The SMILES string of the molecule is FC(F)(F)CCNCCCOCCCl. The summed E-state index contributed by atoms with van der Waals surface area (Å²) in [6.45, 7) is 1.53. The number of alkyl halides is 4. The lowest BCUT2D eigenvalue weighted by Gasteiger charge is -2.07.